The SMILES string of the molecule is C=CCC(C(=O)O)[C@H]1C[C@]1(C)C(=O)OC(C)(C)C. The van der Waals surface area contributed by atoms with E-state index < -0.39 is 22.9 Å². The van der Waals surface area contributed by atoms with Crippen LogP contribution in [0.1, 0.15) is 40.5 Å². The number of esters is 1. The molecule has 0 amide bonds. The van der Waals surface area contributed by atoms with Gasteiger partial charge in [-0.2, -0.15) is 0 Å². The van der Waals surface area contributed by atoms with Gasteiger partial charge in [0.2, 0.25) is 0 Å². The summed E-state index contributed by atoms with van der Waals surface area (Å²) in [5, 5.41) is 9.16. The van der Waals surface area contributed by atoms with Crippen molar-refractivity contribution in [2.75, 3.05) is 0 Å². The standard InChI is InChI=1S/C14H22O4/c1-6-7-9(11(15)16)10-8-14(10,5)12(17)18-13(2,3)4/h6,9-10H,1,7-8H2,2-5H3,(H,15,16)/t9?,10-,14+/m1/s1. The summed E-state index contributed by atoms with van der Waals surface area (Å²) in [5.41, 5.74) is -1.19. The molecule has 0 spiro atoms. The molecule has 1 N–H and O–H groups in total. The summed E-state index contributed by atoms with van der Waals surface area (Å²) in [6.07, 6.45) is 2.55. The van der Waals surface area contributed by atoms with Gasteiger partial charge in [0.05, 0.1) is 11.3 Å². The van der Waals surface area contributed by atoms with Gasteiger partial charge in [-0.15, -0.1) is 6.58 Å². The average Bonchev–Trinajstić information content (AvgIpc) is 2.85. The zero-order valence-electron chi connectivity index (χ0n) is 11.5. The van der Waals surface area contributed by atoms with Crippen molar-refractivity contribution in [2.45, 2.75) is 46.1 Å². The molecule has 1 aliphatic carbocycles. The molecule has 0 saturated heterocycles. The molecule has 3 atom stereocenters. The number of carbonyl (C=O) groups excluding carboxylic acids is 1. The fourth-order valence-electron chi connectivity index (χ4n) is 2.23. The van der Waals surface area contributed by atoms with E-state index in [9.17, 15) is 9.59 Å². The van der Waals surface area contributed by atoms with Gasteiger partial charge in [0.25, 0.3) is 0 Å². The summed E-state index contributed by atoms with van der Waals surface area (Å²) in [4.78, 5) is 23.2. The highest BCUT2D eigenvalue weighted by atomic mass is 16.6. The summed E-state index contributed by atoms with van der Waals surface area (Å²) < 4.78 is 5.35. The van der Waals surface area contributed by atoms with E-state index in [1.54, 1.807) is 13.0 Å². The van der Waals surface area contributed by atoms with Crippen molar-refractivity contribution in [1.82, 2.24) is 0 Å². The maximum atomic E-state index is 12.0. The Morgan fingerprint density at radius 3 is 2.50 bits per heavy atom. The number of hydrogen-bond donors (Lipinski definition) is 1. The number of carboxylic acid groups (broad SMARTS) is 1. The van der Waals surface area contributed by atoms with Crippen LogP contribution < -0.4 is 0 Å². The highest BCUT2D eigenvalue weighted by Crippen LogP contribution is 2.58. The van der Waals surface area contributed by atoms with E-state index in [1.807, 2.05) is 20.8 Å². The minimum absolute atomic E-state index is 0.150. The second-order valence-electron chi connectivity index (χ2n) is 6.20. The fraction of sp³-hybridized carbons (Fsp3) is 0.714. The van der Waals surface area contributed by atoms with Crippen molar-refractivity contribution < 1.29 is 19.4 Å². The summed E-state index contributed by atoms with van der Waals surface area (Å²) in [5.74, 6) is -1.86. The van der Waals surface area contributed by atoms with E-state index in [2.05, 4.69) is 6.58 Å². The van der Waals surface area contributed by atoms with E-state index in [4.69, 9.17) is 9.84 Å². The van der Waals surface area contributed by atoms with E-state index in [1.165, 1.54) is 0 Å². The van der Waals surface area contributed by atoms with Gasteiger partial charge in [0.15, 0.2) is 0 Å². The third kappa shape index (κ3) is 3.12. The van der Waals surface area contributed by atoms with Crippen molar-refractivity contribution in [1.29, 1.82) is 0 Å². The lowest BCUT2D eigenvalue weighted by Gasteiger charge is -2.23. The smallest absolute Gasteiger partial charge is 0.312 e. The molecule has 18 heavy (non-hydrogen) atoms. The molecule has 102 valence electrons. The molecule has 0 aromatic rings. The highest BCUT2D eigenvalue weighted by Gasteiger charge is 2.61. The third-order valence-corrected chi connectivity index (χ3v) is 3.39. The Hall–Kier alpha value is -1.32. The van der Waals surface area contributed by atoms with Crippen LogP contribution >= 0.6 is 0 Å². The lowest BCUT2D eigenvalue weighted by atomic mass is 9.93. The van der Waals surface area contributed by atoms with Gasteiger partial charge in [-0.05, 0) is 46.5 Å². The zero-order valence-corrected chi connectivity index (χ0v) is 11.5. The fourth-order valence-corrected chi connectivity index (χ4v) is 2.23. The van der Waals surface area contributed by atoms with Crippen LogP contribution in [-0.4, -0.2) is 22.6 Å². The number of allylic oxidation sites excluding steroid dienone is 1. The largest absolute Gasteiger partial charge is 0.481 e. The monoisotopic (exact) mass is 254 g/mol. The average molecular weight is 254 g/mol. The molecule has 0 aromatic carbocycles. The van der Waals surface area contributed by atoms with E-state index in [0.29, 0.717) is 12.8 Å². The van der Waals surface area contributed by atoms with Crippen LogP contribution in [0.5, 0.6) is 0 Å². The molecule has 1 fully saturated rings. The van der Waals surface area contributed by atoms with Crippen molar-refractivity contribution >= 4 is 11.9 Å². The third-order valence-electron chi connectivity index (χ3n) is 3.39. The highest BCUT2D eigenvalue weighted by molar-refractivity contribution is 5.83. The maximum absolute atomic E-state index is 12.0. The lowest BCUT2D eigenvalue weighted by molar-refractivity contribution is -0.162. The van der Waals surface area contributed by atoms with E-state index in [0.717, 1.165) is 0 Å². The molecule has 0 heterocycles. The molecule has 0 radical (unpaired) electrons. The number of rotatable bonds is 5. The van der Waals surface area contributed by atoms with Crippen LogP contribution in [0.4, 0.5) is 0 Å². The van der Waals surface area contributed by atoms with Crippen LogP contribution in [0.25, 0.3) is 0 Å². The van der Waals surface area contributed by atoms with Crippen LogP contribution in [0.2, 0.25) is 0 Å². The van der Waals surface area contributed by atoms with Crippen LogP contribution in [-0.2, 0) is 14.3 Å². The normalized spacial score (nSPS) is 28.3. The molecule has 4 nitrogen and oxygen atoms in total. The number of hydrogen-bond acceptors (Lipinski definition) is 3. The van der Waals surface area contributed by atoms with Gasteiger partial charge in [-0.25, -0.2) is 0 Å². The van der Waals surface area contributed by atoms with Gasteiger partial charge in [-0.3, -0.25) is 9.59 Å². The molecule has 0 bridgehead atoms. The minimum Gasteiger partial charge on any atom is -0.481 e. The Morgan fingerprint density at radius 2 is 2.11 bits per heavy atom. The first-order chi connectivity index (χ1) is 8.12. The molecular weight excluding hydrogens is 232 g/mol. The minimum atomic E-state index is -0.868. The summed E-state index contributed by atoms with van der Waals surface area (Å²) in [6.45, 7) is 10.8. The van der Waals surface area contributed by atoms with Gasteiger partial charge in [0.1, 0.15) is 5.60 Å². The number of ether oxygens (including phenoxy) is 1. The van der Waals surface area contributed by atoms with E-state index in [-0.39, 0.29) is 11.9 Å². The molecule has 1 aliphatic rings. The number of aliphatic carboxylic acids is 1. The first-order valence-electron chi connectivity index (χ1n) is 6.19. The molecule has 4 heteroatoms. The zero-order chi connectivity index (χ0) is 14.1. The first-order valence-corrected chi connectivity index (χ1v) is 6.19. The summed E-state index contributed by atoms with van der Waals surface area (Å²) >= 11 is 0. The van der Waals surface area contributed by atoms with Crippen LogP contribution in [0.15, 0.2) is 12.7 Å². The van der Waals surface area contributed by atoms with Crippen LogP contribution in [0, 0.1) is 17.3 Å². The number of carboxylic acids is 1. The molecule has 0 aliphatic heterocycles. The molecule has 0 aromatic heterocycles. The second kappa shape index (κ2) is 4.75. The summed E-state index contributed by atoms with van der Waals surface area (Å²) in [6, 6.07) is 0. The number of carbonyl (C=O) groups is 2. The molecule has 1 unspecified atom stereocenters. The molecule has 1 rings (SSSR count). The van der Waals surface area contributed by atoms with E-state index >= 15 is 0 Å². The maximum Gasteiger partial charge on any atom is 0.312 e. The molecular formula is C14H22O4. The van der Waals surface area contributed by atoms with Crippen molar-refractivity contribution in [3.05, 3.63) is 12.7 Å². The van der Waals surface area contributed by atoms with Crippen molar-refractivity contribution in [3.63, 3.8) is 0 Å². The van der Waals surface area contributed by atoms with Gasteiger partial charge < -0.3 is 9.84 Å². The van der Waals surface area contributed by atoms with Gasteiger partial charge >= 0.3 is 11.9 Å². The quantitative estimate of drug-likeness (QED) is 0.605. The van der Waals surface area contributed by atoms with Crippen molar-refractivity contribution in [3.8, 4) is 0 Å². The predicted molar refractivity (Wildman–Crippen MR) is 68.0 cm³/mol. The summed E-state index contributed by atoms with van der Waals surface area (Å²) in [7, 11) is 0. The van der Waals surface area contributed by atoms with Gasteiger partial charge in [0, 0.05) is 0 Å². The predicted octanol–water partition coefficient (Wildman–Crippen LogP) is 2.63. The Labute approximate surface area is 108 Å². The van der Waals surface area contributed by atoms with Crippen molar-refractivity contribution in [2.24, 2.45) is 17.3 Å². The topological polar surface area (TPSA) is 63.6 Å². The Kier molecular flexibility index (Phi) is 3.89. The Bertz CT molecular complexity index is 366. The van der Waals surface area contributed by atoms with Gasteiger partial charge in [-0.1, -0.05) is 6.08 Å². The molecule has 1 saturated carbocycles. The van der Waals surface area contributed by atoms with Crippen LogP contribution in [0.3, 0.4) is 0 Å². The first kappa shape index (κ1) is 14.7. The second-order valence-corrected chi connectivity index (χ2v) is 6.20. The Balaban J connectivity index is 2.72. The Morgan fingerprint density at radius 1 is 1.56 bits per heavy atom. The lowest BCUT2D eigenvalue weighted by Crippen LogP contribution is -2.31.